The first-order valence-corrected chi connectivity index (χ1v) is 6.86. The molecule has 2 unspecified atom stereocenters. The average molecular weight is 262 g/mol. The molecule has 2 atom stereocenters. The summed E-state index contributed by atoms with van der Waals surface area (Å²) in [4.78, 5) is 12.1. The van der Waals surface area contributed by atoms with Crippen molar-refractivity contribution >= 4 is 5.91 Å². The minimum absolute atomic E-state index is 0.0355. The Morgan fingerprint density at radius 1 is 1.42 bits per heavy atom. The number of aliphatic hydroxyl groups excluding tert-OH is 1. The third-order valence-electron chi connectivity index (χ3n) is 3.86. The fourth-order valence-electron chi connectivity index (χ4n) is 2.21. The van der Waals surface area contributed by atoms with Crippen LogP contribution in [0.2, 0.25) is 0 Å². The first-order chi connectivity index (χ1) is 9.11. The van der Waals surface area contributed by atoms with E-state index >= 15 is 0 Å². The van der Waals surface area contributed by atoms with Gasteiger partial charge in [0.1, 0.15) is 0 Å². The molecule has 0 radical (unpaired) electrons. The maximum atomic E-state index is 12.1. The molecule has 0 saturated heterocycles. The quantitative estimate of drug-likeness (QED) is 0.761. The third-order valence-corrected chi connectivity index (χ3v) is 3.86. The first-order valence-electron chi connectivity index (χ1n) is 6.86. The molecule has 1 aliphatic heterocycles. The van der Waals surface area contributed by atoms with Crippen molar-refractivity contribution in [3.8, 4) is 0 Å². The zero-order valence-corrected chi connectivity index (χ0v) is 11.6. The van der Waals surface area contributed by atoms with Crippen molar-refractivity contribution in [2.45, 2.75) is 32.9 Å². The summed E-state index contributed by atoms with van der Waals surface area (Å²) < 4.78 is 0. The second-order valence-corrected chi connectivity index (χ2v) is 5.33. The predicted molar refractivity (Wildman–Crippen MR) is 75.0 cm³/mol. The van der Waals surface area contributed by atoms with Crippen molar-refractivity contribution in [1.29, 1.82) is 0 Å². The van der Waals surface area contributed by atoms with Crippen LogP contribution in [-0.2, 0) is 13.0 Å². The molecule has 1 aliphatic rings. The first kappa shape index (κ1) is 14.0. The van der Waals surface area contributed by atoms with Gasteiger partial charge in [-0.05, 0) is 49.1 Å². The van der Waals surface area contributed by atoms with Crippen LogP contribution in [0.25, 0.3) is 0 Å². The molecule has 19 heavy (non-hydrogen) atoms. The van der Waals surface area contributed by atoms with Gasteiger partial charge >= 0.3 is 0 Å². The van der Waals surface area contributed by atoms with Crippen LogP contribution in [0, 0.1) is 5.92 Å². The van der Waals surface area contributed by atoms with Crippen molar-refractivity contribution in [2.75, 3.05) is 13.2 Å². The van der Waals surface area contributed by atoms with Gasteiger partial charge in [-0.15, -0.1) is 0 Å². The summed E-state index contributed by atoms with van der Waals surface area (Å²) in [6, 6.07) is 5.86. The Bertz CT molecular complexity index is 459. The highest BCUT2D eigenvalue weighted by Gasteiger charge is 2.16. The maximum absolute atomic E-state index is 12.1. The van der Waals surface area contributed by atoms with Gasteiger partial charge in [-0.3, -0.25) is 4.79 Å². The molecule has 3 N–H and O–H groups in total. The zero-order chi connectivity index (χ0) is 13.8. The Hall–Kier alpha value is -1.39. The van der Waals surface area contributed by atoms with Crippen molar-refractivity contribution in [3.63, 3.8) is 0 Å². The van der Waals surface area contributed by atoms with Crippen LogP contribution in [0.3, 0.4) is 0 Å². The highest BCUT2D eigenvalue weighted by Crippen LogP contribution is 2.16. The number of aliphatic hydroxyl groups is 1. The summed E-state index contributed by atoms with van der Waals surface area (Å²) in [5, 5.41) is 15.3. The zero-order valence-electron chi connectivity index (χ0n) is 11.6. The van der Waals surface area contributed by atoms with Gasteiger partial charge < -0.3 is 15.7 Å². The van der Waals surface area contributed by atoms with Crippen molar-refractivity contribution < 1.29 is 9.90 Å². The number of rotatable bonds is 4. The Kier molecular flexibility index (Phi) is 4.56. The largest absolute Gasteiger partial charge is 0.396 e. The van der Waals surface area contributed by atoms with Gasteiger partial charge in [0.25, 0.3) is 5.91 Å². The fourth-order valence-corrected chi connectivity index (χ4v) is 2.21. The molecule has 0 fully saturated rings. The number of carbonyl (C=O) groups excluding carboxylic acids is 1. The lowest BCUT2D eigenvalue weighted by Gasteiger charge is -2.21. The minimum atomic E-state index is -0.0684. The predicted octanol–water partition coefficient (Wildman–Crippen LogP) is 1.08. The lowest BCUT2D eigenvalue weighted by Crippen LogP contribution is -2.38. The number of carbonyl (C=O) groups is 1. The van der Waals surface area contributed by atoms with Crippen molar-refractivity contribution in [1.82, 2.24) is 10.6 Å². The number of amides is 1. The monoisotopic (exact) mass is 262 g/mol. The van der Waals surface area contributed by atoms with Gasteiger partial charge in [-0.25, -0.2) is 0 Å². The number of fused-ring (bicyclic) bond motifs is 1. The summed E-state index contributed by atoms with van der Waals surface area (Å²) >= 11 is 0. The lowest BCUT2D eigenvalue weighted by molar-refractivity contribution is 0.0916. The van der Waals surface area contributed by atoms with E-state index in [1.165, 1.54) is 11.1 Å². The molecular weight excluding hydrogens is 240 g/mol. The van der Waals surface area contributed by atoms with Gasteiger partial charge in [0.15, 0.2) is 0 Å². The van der Waals surface area contributed by atoms with Gasteiger partial charge in [0, 0.05) is 24.8 Å². The van der Waals surface area contributed by atoms with Crippen LogP contribution in [0.4, 0.5) is 0 Å². The van der Waals surface area contributed by atoms with E-state index in [0.29, 0.717) is 5.56 Å². The molecule has 0 saturated carbocycles. The average Bonchev–Trinajstić information content (AvgIpc) is 2.45. The topological polar surface area (TPSA) is 61.4 Å². The number of hydrogen-bond acceptors (Lipinski definition) is 3. The number of benzene rings is 1. The van der Waals surface area contributed by atoms with E-state index in [2.05, 4.69) is 10.6 Å². The molecule has 0 bridgehead atoms. The second-order valence-electron chi connectivity index (χ2n) is 5.33. The molecule has 1 heterocycles. The molecule has 0 aromatic heterocycles. The Labute approximate surface area is 114 Å². The van der Waals surface area contributed by atoms with E-state index < -0.39 is 0 Å². The molecule has 4 nitrogen and oxygen atoms in total. The molecule has 0 aliphatic carbocycles. The van der Waals surface area contributed by atoms with E-state index in [4.69, 9.17) is 5.11 Å². The highest BCUT2D eigenvalue weighted by atomic mass is 16.3. The van der Waals surface area contributed by atoms with E-state index in [9.17, 15) is 4.79 Å². The Balaban J connectivity index is 2.07. The standard InChI is InChI=1S/C15H22N2O2/c1-10(9-18)11(2)17-15(19)13-4-3-12-5-6-16-8-14(12)7-13/h3-4,7,10-11,16,18H,5-6,8-9H2,1-2H3,(H,17,19). The van der Waals surface area contributed by atoms with Crippen LogP contribution in [0.5, 0.6) is 0 Å². The Morgan fingerprint density at radius 2 is 2.21 bits per heavy atom. The maximum Gasteiger partial charge on any atom is 0.251 e. The number of nitrogens with one attached hydrogen (secondary N) is 2. The number of hydrogen-bond donors (Lipinski definition) is 3. The highest BCUT2D eigenvalue weighted by molar-refractivity contribution is 5.94. The third kappa shape index (κ3) is 3.33. The van der Waals surface area contributed by atoms with Gasteiger partial charge in [-0.1, -0.05) is 13.0 Å². The lowest BCUT2D eigenvalue weighted by atomic mass is 9.98. The second kappa shape index (κ2) is 6.17. The summed E-state index contributed by atoms with van der Waals surface area (Å²) in [6.07, 6.45) is 1.02. The SMILES string of the molecule is CC(CO)C(C)NC(=O)c1ccc2c(c1)CNCC2. The molecule has 0 spiro atoms. The molecule has 1 amide bonds. The van der Waals surface area contributed by atoms with Gasteiger partial charge in [-0.2, -0.15) is 0 Å². The van der Waals surface area contributed by atoms with E-state index in [1.807, 2.05) is 32.0 Å². The summed E-state index contributed by atoms with van der Waals surface area (Å²) in [7, 11) is 0. The summed E-state index contributed by atoms with van der Waals surface area (Å²) in [5.41, 5.74) is 3.23. The fraction of sp³-hybridized carbons (Fsp3) is 0.533. The molecule has 104 valence electrons. The van der Waals surface area contributed by atoms with E-state index in [-0.39, 0.29) is 24.5 Å². The van der Waals surface area contributed by atoms with Crippen molar-refractivity contribution in [3.05, 3.63) is 34.9 Å². The molecule has 4 heteroatoms. The van der Waals surface area contributed by atoms with Gasteiger partial charge in [0.2, 0.25) is 0 Å². The summed E-state index contributed by atoms with van der Waals surface area (Å²) in [5.74, 6) is -0.00980. The van der Waals surface area contributed by atoms with E-state index in [0.717, 1.165) is 19.5 Å². The smallest absolute Gasteiger partial charge is 0.251 e. The van der Waals surface area contributed by atoms with Crippen LogP contribution < -0.4 is 10.6 Å². The van der Waals surface area contributed by atoms with E-state index in [1.54, 1.807) is 0 Å². The van der Waals surface area contributed by atoms with Gasteiger partial charge in [0.05, 0.1) is 0 Å². The van der Waals surface area contributed by atoms with Crippen molar-refractivity contribution in [2.24, 2.45) is 5.92 Å². The molecule has 2 rings (SSSR count). The molecule has 1 aromatic carbocycles. The van der Waals surface area contributed by atoms with Crippen LogP contribution in [0.15, 0.2) is 18.2 Å². The Morgan fingerprint density at radius 3 is 2.95 bits per heavy atom. The van der Waals surface area contributed by atoms with Crippen LogP contribution in [0.1, 0.15) is 35.3 Å². The molecular formula is C15H22N2O2. The summed E-state index contributed by atoms with van der Waals surface area (Å²) in [6.45, 7) is 5.75. The molecule has 1 aromatic rings. The minimum Gasteiger partial charge on any atom is -0.396 e. The van der Waals surface area contributed by atoms with Crippen LogP contribution in [-0.4, -0.2) is 30.2 Å². The normalized spacial score (nSPS) is 17.4. The van der Waals surface area contributed by atoms with Crippen LogP contribution >= 0.6 is 0 Å².